The Morgan fingerprint density at radius 1 is 1.32 bits per heavy atom. The summed E-state index contributed by atoms with van der Waals surface area (Å²) in [5.41, 5.74) is 6.61. The van der Waals surface area contributed by atoms with E-state index < -0.39 is 5.60 Å². The van der Waals surface area contributed by atoms with Gasteiger partial charge in [0.15, 0.2) is 0 Å². The third-order valence-corrected chi connectivity index (χ3v) is 5.60. The van der Waals surface area contributed by atoms with E-state index in [9.17, 15) is 5.11 Å². The summed E-state index contributed by atoms with van der Waals surface area (Å²) in [7, 11) is 0. The van der Waals surface area contributed by atoms with Gasteiger partial charge >= 0.3 is 0 Å². The van der Waals surface area contributed by atoms with Crippen LogP contribution in [-0.4, -0.2) is 41.3 Å². The van der Waals surface area contributed by atoms with Gasteiger partial charge in [0.25, 0.3) is 0 Å². The second kappa shape index (κ2) is 6.88. The summed E-state index contributed by atoms with van der Waals surface area (Å²) in [5, 5.41) is 12.1. The first kappa shape index (κ1) is 16.3. The molecule has 3 rings (SSSR count). The summed E-state index contributed by atoms with van der Waals surface area (Å²) >= 11 is 6.20. The smallest absolute Gasteiger partial charge is 0.0728 e. The van der Waals surface area contributed by atoms with E-state index in [0.29, 0.717) is 0 Å². The zero-order valence-corrected chi connectivity index (χ0v) is 13.9. The van der Waals surface area contributed by atoms with Crippen molar-refractivity contribution in [2.24, 2.45) is 5.73 Å². The van der Waals surface area contributed by atoms with Gasteiger partial charge in [0.05, 0.1) is 5.60 Å². The molecule has 122 valence electrons. The average molecular weight is 323 g/mol. The lowest BCUT2D eigenvalue weighted by atomic mass is 9.72. The van der Waals surface area contributed by atoms with Crippen LogP contribution in [0.2, 0.25) is 5.02 Å². The molecular formula is C18H27ClN2O. The van der Waals surface area contributed by atoms with Gasteiger partial charge in [-0.25, -0.2) is 0 Å². The molecule has 1 aromatic rings. The standard InChI is InChI=1S/C18H27ClN2O/c19-15-6-4-5-14(11-15)17(13-21-10-7-16(20)12-21)18(22)8-2-1-3-9-18/h4-6,11,16-17,22H,1-3,7-10,12-13,20H2/t16-,17?/m0/s1. The summed E-state index contributed by atoms with van der Waals surface area (Å²) in [6.45, 7) is 2.85. The number of halogens is 1. The molecule has 3 nitrogen and oxygen atoms in total. The molecule has 3 N–H and O–H groups in total. The molecule has 2 fully saturated rings. The number of rotatable bonds is 4. The SMILES string of the molecule is N[C@H]1CCN(CC(c2cccc(Cl)c2)C2(O)CCCCC2)C1. The molecule has 4 heteroatoms. The van der Waals surface area contributed by atoms with Crippen LogP contribution >= 0.6 is 11.6 Å². The van der Waals surface area contributed by atoms with E-state index in [1.54, 1.807) is 0 Å². The van der Waals surface area contributed by atoms with Crippen molar-refractivity contribution < 1.29 is 5.11 Å². The predicted octanol–water partition coefficient (Wildman–Crippen LogP) is 3.15. The van der Waals surface area contributed by atoms with Gasteiger partial charge in [-0.15, -0.1) is 0 Å². The largest absolute Gasteiger partial charge is 0.389 e. The van der Waals surface area contributed by atoms with Crippen molar-refractivity contribution in [1.82, 2.24) is 4.90 Å². The first-order valence-corrected chi connectivity index (χ1v) is 8.90. The Morgan fingerprint density at radius 2 is 2.09 bits per heavy atom. The third kappa shape index (κ3) is 3.65. The maximum absolute atomic E-state index is 11.3. The van der Waals surface area contributed by atoms with E-state index in [2.05, 4.69) is 11.0 Å². The number of nitrogens with zero attached hydrogens (tertiary/aromatic N) is 1. The number of aliphatic hydroxyl groups is 1. The Hall–Kier alpha value is -0.610. The van der Waals surface area contributed by atoms with Gasteiger partial charge in [0, 0.05) is 30.1 Å². The number of hydrogen-bond acceptors (Lipinski definition) is 3. The molecule has 1 aliphatic carbocycles. The van der Waals surface area contributed by atoms with Crippen molar-refractivity contribution in [3.63, 3.8) is 0 Å². The number of benzene rings is 1. The Morgan fingerprint density at radius 3 is 2.73 bits per heavy atom. The van der Waals surface area contributed by atoms with Crippen LogP contribution in [0.3, 0.4) is 0 Å². The minimum atomic E-state index is -0.602. The van der Waals surface area contributed by atoms with E-state index in [4.69, 9.17) is 17.3 Å². The molecule has 1 heterocycles. The average Bonchev–Trinajstić information content (AvgIpc) is 2.91. The Balaban J connectivity index is 1.84. The summed E-state index contributed by atoms with van der Waals surface area (Å²) in [6.07, 6.45) is 6.31. The maximum atomic E-state index is 11.3. The summed E-state index contributed by atoms with van der Waals surface area (Å²) in [6, 6.07) is 8.31. The van der Waals surface area contributed by atoms with Crippen LogP contribution < -0.4 is 5.73 Å². The van der Waals surface area contributed by atoms with Crippen molar-refractivity contribution in [2.45, 2.75) is 56.1 Å². The van der Waals surface area contributed by atoms with Crippen molar-refractivity contribution in [3.05, 3.63) is 34.9 Å². The molecular weight excluding hydrogens is 296 g/mol. The molecule has 0 amide bonds. The summed E-state index contributed by atoms with van der Waals surface area (Å²) in [5.74, 6) is 0.122. The fraction of sp³-hybridized carbons (Fsp3) is 0.667. The number of likely N-dealkylation sites (tertiary alicyclic amines) is 1. The summed E-state index contributed by atoms with van der Waals surface area (Å²) < 4.78 is 0. The highest BCUT2D eigenvalue weighted by Crippen LogP contribution is 2.41. The molecule has 2 aliphatic rings. The maximum Gasteiger partial charge on any atom is 0.0728 e. The van der Waals surface area contributed by atoms with Crippen LogP contribution in [0.25, 0.3) is 0 Å². The van der Waals surface area contributed by atoms with Crippen molar-refractivity contribution >= 4 is 11.6 Å². The van der Waals surface area contributed by atoms with Crippen molar-refractivity contribution in [3.8, 4) is 0 Å². The third-order valence-electron chi connectivity index (χ3n) is 5.37. The van der Waals surface area contributed by atoms with E-state index in [-0.39, 0.29) is 12.0 Å². The fourth-order valence-electron chi connectivity index (χ4n) is 4.11. The molecule has 0 aromatic heterocycles. The first-order chi connectivity index (χ1) is 10.6. The molecule has 2 atom stereocenters. The Kier molecular flexibility index (Phi) is 5.08. The highest BCUT2D eigenvalue weighted by atomic mass is 35.5. The molecule has 22 heavy (non-hydrogen) atoms. The highest BCUT2D eigenvalue weighted by Gasteiger charge is 2.40. The molecule has 0 radical (unpaired) electrons. The Labute approximate surface area is 138 Å². The van der Waals surface area contributed by atoms with Gasteiger partial charge in [0.1, 0.15) is 0 Å². The van der Waals surface area contributed by atoms with Gasteiger partial charge in [-0.1, -0.05) is 43.0 Å². The van der Waals surface area contributed by atoms with Crippen LogP contribution in [0.1, 0.15) is 50.0 Å². The molecule has 0 bridgehead atoms. The van der Waals surface area contributed by atoms with Gasteiger partial charge in [-0.3, -0.25) is 0 Å². The van der Waals surface area contributed by atoms with Crippen LogP contribution in [0.4, 0.5) is 0 Å². The normalized spacial score (nSPS) is 27.0. The van der Waals surface area contributed by atoms with Gasteiger partial charge in [0.2, 0.25) is 0 Å². The van der Waals surface area contributed by atoms with E-state index in [1.165, 1.54) is 6.42 Å². The second-order valence-corrected chi connectivity index (χ2v) is 7.52. The minimum absolute atomic E-state index is 0.122. The number of hydrogen-bond donors (Lipinski definition) is 2. The van der Waals surface area contributed by atoms with Gasteiger partial charge in [-0.05, 0) is 43.5 Å². The predicted molar refractivity (Wildman–Crippen MR) is 91.3 cm³/mol. The van der Waals surface area contributed by atoms with Crippen molar-refractivity contribution in [1.29, 1.82) is 0 Å². The quantitative estimate of drug-likeness (QED) is 0.895. The molecule has 1 unspecified atom stereocenters. The van der Waals surface area contributed by atoms with E-state index in [1.807, 2.05) is 18.2 Å². The summed E-state index contributed by atoms with van der Waals surface area (Å²) in [4.78, 5) is 2.41. The lowest BCUT2D eigenvalue weighted by Crippen LogP contribution is -2.44. The monoisotopic (exact) mass is 322 g/mol. The van der Waals surface area contributed by atoms with Crippen LogP contribution in [0.15, 0.2) is 24.3 Å². The van der Waals surface area contributed by atoms with Gasteiger partial charge < -0.3 is 15.7 Å². The topological polar surface area (TPSA) is 49.5 Å². The zero-order chi connectivity index (χ0) is 15.6. The molecule has 1 aromatic carbocycles. The minimum Gasteiger partial charge on any atom is -0.389 e. The lowest BCUT2D eigenvalue weighted by Gasteiger charge is -2.41. The number of nitrogens with two attached hydrogens (primary N) is 1. The molecule has 1 saturated carbocycles. The van der Waals surface area contributed by atoms with Crippen LogP contribution in [-0.2, 0) is 0 Å². The van der Waals surface area contributed by atoms with E-state index in [0.717, 1.165) is 62.3 Å². The first-order valence-electron chi connectivity index (χ1n) is 8.53. The molecule has 1 aliphatic heterocycles. The second-order valence-electron chi connectivity index (χ2n) is 7.08. The zero-order valence-electron chi connectivity index (χ0n) is 13.2. The van der Waals surface area contributed by atoms with E-state index >= 15 is 0 Å². The van der Waals surface area contributed by atoms with Crippen LogP contribution in [0.5, 0.6) is 0 Å². The fourth-order valence-corrected chi connectivity index (χ4v) is 4.31. The molecule has 0 spiro atoms. The lowest BCUT2D eigenvalue weighted by molar-refractivity contribution is -0.0294. The highest BCUT2D eigenvalue weighted by molar-refractivity contribution is 6.30. The molecule has 1 saturated heterocycles. The van der Waals surface area contributed by atoms with Gasteiger partial charge in [-0.2, -0.15) is 0 Å². The Bertz CT molecular complexity index is 502. The van der Waals surface area contributed by atoms with Crippen molar-refractivity contribution in [2.75, 3.05) is 19.6 Å². The van der Waals surface area contributed by atoms with Crippen LogP contribution in [0, 0.1) is 0 Å².